The van der Waals surface area contributed by atoms with Crippen molar-refractivity contribution in [2.75, 3.05) is 5.32 Å². The summed E-state index contributed by atoms with van der Waals surface area (Å²) >= 11 is 0. The SMILES string of the molecule is Cn1cc(C#N)c(Nc2ccc([N+](=O)[O-])cc2[N+](=O)[O-])n1. The fourth-order valence-corrected chi connectivity index (χ4v) is 1.68. The van der Waals surface area contributed by atoms with Gasteiger partial charge in [0.25, 0.3) is 11.4 Å². The number of aryl methyl sites for hydroxylation is 1. The highest BCUT2D eigenvalue weighted by molar-refractivity contribution is 5.72. The van der Waals surface area contributed by atoms with Crippen molar-refractivity contribution in [3.05, 3.63) is 50.2 Å². The predicted octanol–water partition coefficient (Wildman–Crippen LogP) is 1.85. The normalized spacial score (nSPS) is 9.90. The van der Waals surface area contributed by atoms with Crippen molar-refractivity contribution in [2.24, 2.45) is 7.05 Å². The fourth-order valence-electron chi connectivity index (χ4n) is 1.68. The number of nitro benzene ring substituents is 2. The first-order valence-corrected chi connectivity index (χ1v) is 5.56. The van der Waals surface area contributed by atoms with Gasteiger partial charge in [0.15, 0.2) is 5.82 Å². The predicted molar refractivity (Wildman–Crippen MR) is 71.0 cm³/mol. The molecule has 0 radical (unpaired) electrons. The summed E-state index contributed by atoms with van der Waals surface area (Å²) < 4.78 is 1.37. The van der Waals surface area contributed by atoms with Crippen LogP contribution in [0.25, 0.3) is 0 Å². The Balaban J connectivity index is 2.46. The molecule has 2 rings (SSSR count). The molecule has 10 heteroatoms. The number of nitriles is 1. The van der Waals surface area contributed by atoms with Gasteiger partial charge in [0.05, 0.1) is 15.9 Å². The van der Waals surface area contributed by atoms with Gasteiger partial charge in [-0.1, -0.05) is 0 Å². The first-order valence-electron chi connectivity index (χ1n) is 5.56. The van der Waals surface area contributed by atoms with Gasteiger partial charge in [0.2, 0.25) is 0 Å². The molecule has 1 aromatic carbocycles. The number of rotatable bonds is 4. The van der Waals surface area contributed by atoms with E-state index < -0.39 is 21.2 Å². The Morgan fingerprint density at radius 1 is 1.33 bits per heavy atom. The molecular weight excluding hydrogens is 280 g/mol. The molecule has 0 aliphatic carbocycles. The number of nitro groups is 2. The van der Waals surface area contributed by atoms with Crippen molar-refractivity contribution in [1.82, 2.24) is 9.78 Å². The molecule has 0 fully saturated rings. The number of hydrogen-bond acceptors (Lipinski definition) is 7. The van der Waals surface area contributed by atoms with E-state index in [9.17, 15) is 20.2 Å². The van der Waals surface area contributed by atoms with Crippen LogP contribution in [0.4, 0.5) is 22.9 Å². The van der Waals surface area contributed by atoms with Crippen LogP contribution in [0.5, 0.6) is 0 Å². The Bertz CT molecular complexity index is 776. The molecule has 2 aromatic rings. The van der Waals surface area contributed by atoms with Gasteiger partial charge >= 0.3 is 0 Å². The van der Waals surface area contributed by atoms with Crippen molar-refractivity contribution >= 4 is 22.9 Å². The second-order valence-electron chi connectivity index (χ2n) is 4.02. The quantitative estimate of drug-likeness (QED) is 0.668. The first-order chi connectivity index (χ1) is 9.92. The summed E-state index contributed by atoms with van der Waals surface area (Å²) in [6.07, 6.45) is 1.44. The molecule has 0 bridgehead atoms. The highest BCUT2D eigenvalue weighted by Gasteiger charge is 2.21. The molecular formula is C11H8N6O4. The van der Waals surface area contributed by atoms with Crippen LogP contribution in [-0.2, 0) is 7.05 Å². The van der Waals surface area contributed by atoms with Crippen molar-refractivity contribution in [2.45, 2.75) is 0 Å². The average Bonchev–Trinajstić information content (AvgIpc) is 2.78. The average molecular weight is 288 g/mol. The van der Waals surface area contributed by atoms with Crippen LogP contribution in [-0.4, -0.2) is 19.6 Å². The molecule has 106 valence electrons. The highest BCUT2D eigenvalue weighted by atomic mass is 16.6. The summed E-state index contributed by atoms with van der Waals surface area (Å²) in [6, 6.07) is 5.07. The largest absolute Gasteiger partial charge is 0.332 e. The third-order valence-corrected chi connectivity index (χ3v) is 2.59. The van der Waals surface area contributed by atoms with Gasteiger partial charge in [-0.3, -0.25) is 24.9 Å². The van der Waals surface area contributed by atoms with Crippen LogP contribution < -0.4 is 5.32 Å². The topological polar surface area (TPSA) is 140 Å². The Kier molecular flexibility index (Phi) is 3.49. The zero-order chi connectivity index (χ0) is 15.6. The molecule has 0 aliphatic rings. The lowest BCUT2D eigenvalue weighted by molar-refractivity contribution is -0.393. The maximum atomic E-state index is 11.0. The Hall–Kier alpha value is -3.48. The van der Waals surface area contributed by atoms with Gasteiger partial charge < -0.3 is 5.32 Å². The minimum Gasteiger partial charge on any atom is -0.332 e. The molecule has 1 N–H and O–H groups in total. The van der Waals surface area contributed by atoms with E-state index in [0.29, 0.717) is 0 Å². The molecule has 0 amide bonds. The van der Waals surface area contributed by atoms with Gasteiger partial charge in [0, 0.05) is 19.3 Å². The van der Waals surface area contributed by atoms with Crippen LogP contribution in [0, 0.1) is 31.6 Å². The number of non-ortho nitro benzene ring substituents is 1. The van der Waals surface area contributed by atoms with Crippen molar-refractivity contribution in [1.29, 1.82) is 5.26 Å². The number of nitrogens with zero attached hydrogens (tertiary/aromatic N) is 5. The fraction of sp³-hybridized carbons (Fsp3) is 0.0909. The van der Waals surface area contributed by atoms with Crippen LogP contribution in [0.1, 0.15) is 5.56 Å². The molecule has 1 aromatic heterocycles. The Morgan fingerprint density at radius 2 is 2.05 bits per heavy atom. The van der Waals surface area contributed by atoms with E-state index in [4.69, 9.17) is 5.26 Å². The summed E-state index contributed by atoms with van der Waals surface area (Å²) in [5, 5.41) is 37.2. The molecule has 0 aliphatic heterocycles. The Labute approximate surface area is 117 Å². The van der Waals surface area contributed by atoms with E-state index >= 15 is 0 Å². The number of nitrogens with one attached hydrogen (secondary N) is 1. The van der Waals surface area contributed by atoms with Gasteiger partial charge in [-0.05, 0) is 6.07 Å². The van der Waals surface area contributed by atoms with Gasteiger partial charge in [-0.25, -0.2) is 0 Å². The van der Waals surface area contributed by atoms with E-state index in [1.807, 2.05) is 6.07 Å². The highest BCUT2D eigenvalue weighted by Crippen LogP contribution is 2.31. The standard InChI is InChI=1S/C11H8N6O4/c1-15-6-7(5-12)11(14-15)13-9-3-2-8(16(18)19)4-10(9)17(20)21/h2-4,6H,1H3,(H,13,14). The summed E-state index contributed by atoms with van der Waals surface area (Å²) in [5.74, 6) is 0.136. The molecule has 10 nitrogen and oxygen atoms in total. The molecule has 21 heavy (non-hydrogen) atoms. The van der Waals surface area contributed by atoms with E-state index in [2.05, 4.69) is 10.4 Å². The summed E-state index contributed by atoms with van der Waals surface area (Å²) in [5.41, 5.74) is -0.654. The zero-order valence-electron chi connectivity index (χ0n) is 10.7. The summed E-state index contributed by atoms with van der Waals surface area (Å²) in [7, 11) is 1.59. The number of anilines is 2. The minimum absolute atomic E-state index is 0.0146. The second kappa shape index (κ2) is 5.25. The van der Waals surface area contributed by atoms with Crippen molar-refractivity contribution in [3.8, 4) is 6.07 Å². The van der Waals surface area contributed by atoms with Crippen LogP contribution in [0.3, 0.4) is 0 Å². The lowest BCUT2D eigenvalue weighted by atomic mass is 10.2. The second-order valence-corrected chi connectivity index (χ2v) is 4.02. The van der Waals surface area contributed by atoms with Crippen LogP contribution in [0.15, 0.2) is 24.4 Å². The summed E-state index contributed by atoms with van der Waals surface area (Å²) in [4.78, 5) is 20.2. The van der Waals surface area contributed by atoms with E-state index in [0.717, 1.165) is 12.1 Å². The van der Waals surface area contributed by atoms with E-state index in [-0.39, 0.29) is 17.1 Å². The maximum Gasteiger partial charge on any atom is 0.299 e. The lowest BCUT2D eigenvalue weighted by Crippen LogP contribution is -2.00. The van der Waals surface area contributed by atoms with Gasteiger partial charge in [-0.2, -0.15) is 10.4 Å². The van der Waals surface area contributed by atoms with Crippen molar-refractivity contribution < 1.29 is 9.85 Å². The van der Waals surface area contributed by atoms with Crippen molar-refractivity contribution in [3.63, 3.8) is 0 Å². The lowest BCUT2D eigenvalue weighted by Gasteiger charge is -2.04. The molecule has 0 saturated heterocycles. The number of hydrogen-bond donors (Lipinski definition) is 1. The number of benzene rings is 1. The first kappa shape index (κ1) is 13.9. The van der Waals surface area contributed by atoms with E-state index in [1.54, 1.807) is 7.05 Å². The van der Waals surface area contributed by atoms with Gasteiger partial charge in [-0.15, -0.1) is 0 Å². The number of aromatic nitrogens is 2. The molecule has 0 unspecified atom stereocenters. The Morgan fingerprint density at radius 3 is 2.62 bits per heavy atom. The minimum atomic E-state index is -0.746. The zero-order valence-corrected chi connectivity index (χ0v) is 10.7. The molecule has 0 spiro atoms. The van der Waals surface area contributed by atoms with Crippen LogP contribution in [0.2, 0.25) is 0 Å². The van der Waals surface area contributed by atoms with E-state index in [1.165, 1.54) is 16.9 Å². The molecule has 0 atom stereocenters. The molecule has 0 saturated carbocycles. The maximum absolute atomic E-state index is 11.0. The smallest absolute Gasteiger partial charge is 0.299 e. The molecule has 1 heterocycles. The van der Waals surface area contributed by atoms with Gasteiger partial charge in [0.1, 0.15) is 17.3 Å². The monoisotopic (exact) mass is 288 g/mol. The third kappa shape index (κ3) is 2.76. The summed E-state index contributed by atoms with van der Waals surface area (Å²) in [6.45, 7) is 0. The van der Waals surface area contributed by atoms with Crippen LogP contribution >= 0.6 is 0 Å². The third-order valence-electron chi connectivity index (χ3n) is 2.59.